The Kier molecular flexibility index (Phi) is 5.81. The van der Waals surface area contributed by atoms with Crippen LogP contribution >= 0.6 is 0 Å². The highest BCUT2D eigenvalue weighted by Gasteiger charge is 2.21. The zero-order valence-electron chi connectivity index (χ0n) is 13.7. The number of anilines is 1. The summed E-state index contributed by atoms with van der Waals surface area (Å²) >= 11 is 0. The van der Waals surface area contributed by atoms with Crippen molar-refractivity contribution in [3.05, 3.63) is 18.3 Å². The second-order valence-electron chi connectivity index (χ2n) is 6.46. The van der Waals surface area contributed by atoms with Gasteiger partial charge in [-0.2, -0.15) is 0 Å². The number of piperidine rings is 1. The van der Waals surface area contributed by atoms with E-state index in [1.165, 1.54) is 38.9 Å². The van der Waals surface area contributed by atoms with Gasteiger partial charge in [0, 0.05) is 19.3 Å². The summed E-state index contributed by atoms with van der Waals surface area (Å²) in [6.07, 6.45) is 6.46. The summed E-state index contributed by atoms with van der Waals surface area (Å²) in [5.74, 6) is 2.47. The molecular formula is C16H27N3O2S. The standard InChI is InChI=1S/C16H27N3O2S/c1-13(2)4-5-14-8-10-19(11-9-14)16-7-6-15(12-18-16)22(20,21)17-3/h6-7,12-14,17H,4-5,8-11H2,1-3H3. The zero-order chi connectivity index (χ0) is 16.2. The van der Waals surface area contributed by atoms with E-state index in [2.05, 4.69) is 28.5 Å². The maximum atomic E-state index is 11.7. The molecule has 22 heavy (non-hydrogen) atoms. The molecule has 124 valence electrons. The lowest BCUT2D eigenvalue weighted by Crippen LogP contribution is -2.34. The number of sulfonamides is 1. The van der Waals surface area contributed by atoms with E-state index in [0.717, 1.165) is 30.7 Å². The summed E-state index contributed by atoms with van der Waals surface area (Å²) in [5.41, 5.74) is 0. The molecule has 0 radical (unpaired) electrons. The number of hydrogen-bond acceptors (Lipinski definition) is 4. The molecule has 5 nitrogen and oxygen atoms in total. The van der Waals surface area contributed by atoms with E-state index in [4.69, 9.17) is 0 Å². The summed E-state index contributed by atoms with van der Waals surface area (Å²) in [4.78, 5) is 6.79. The van der Waals surface area contributed by atoms with E-state index in [1.54, 1.807) is 12.1 Å². The van der Waals surface area contributed by atoms with Crippen LogP contribution in [0.4, 0.5) is 5.82 Å². The van der Waals surface area contributed by atoms with Gasteiger partial charge in [0.1, 0.15) is 10.7 Å². The van der Waals surface area contributed by atoms with Crippen molar-refractivity contribution in [3.8, 4) is 0 Å². The normalized spacial score (nSPS) is 17.2. The number of pyridine rings is 1. The summed E-state index contributed by atoms with van der Waals surface area (Å²) in [5, 5.41) is 0. The van der Waals surface area contributed by atoms with Crippen molar-refractivity contribution in [1.29, 1.82) is 0 Å². The molecule has 1 aromatic rings. The van der Waals surface area contributed by atoms with Gasteiger partial charge in [-0.25, -0.2) is 18.1 Å². The molecule has 2 rings (SSSR count). The van der Waals surface area contributed by atoms with E-state index in [-0.39, 0.29) is 4.90 Å². The van der Waals surface area contributed by atoms with Crippen molar-refractivity contribution in [3.63, 3.8) is 0 Å². The lowest BCUT2D eigenvalue weighted by Gasteiger charge is -2.33. The quantitative estimate of drug-likeness (QED) is 0.873. The molecule has 1 aromatic heterocycles. The van der Waals surface area contributed by atoms with Crippen LogP contribution < -0.4 is 9.62 Å². The van der Waals surface area contributed by atoms with Crippen molar-refractivity contribution in [1.82, 2.24) is 9.71 Å². The molecule has 1 aliphatic rings. The first kappa shape index (κ1) is 17.2. The van der Waals surface area contributed by atoms with Gasteiger partial charge in [-0.3, -0.25) is 0 Å². The summed E-state index contributed by atoms with van der Waals surface area (Å²) in [7, 11) is -1.99. The van der Waals surface area contributed by atoms with E-state index in [1.807, 2.05) is 0 Å². The van der Waals surface area contributed by atoms with Crippen molar-refractivity contribution in [2.75, 3.05) is 25.0 Å². The number of nitrogens with zero attached hydrogens (tertiary/aromatic N) is 2. The third kappa shape index (κ3) is 4.43. The molecule has 0 bridgehead atoms. The predicted octanol–water partition coefficient (Wildman–Crippen LogP) is 2.64. The Hall–Kier alpha value is -1.14. The van der Waals surface area contributed by atoms with Gasteiger partial charge in [0.2, 0.25) is 10.0 Å². The number of rotatable bonds is 6. The summed E-state index contributed by atoms with van der Waals surface area (Å²) in [6, 6.07) is 3.43. The van der Waals surface area contributed by atoms with E-state index in [0.29, 0.717) is 0 Å². The minimum Gasteiger partial charge on any atom is -0.357 e. The third-order valence-corrected chi connectivity index (χ3v) is 5.79. The van der Waals surface area contributed by atoms with Gasteiger partial charge >= 0.3 is 0 Å². The van der Waals surface area contributed by atoms with Crippen LogP contribution in [0.5, 0.6) is 0 Å². The van der Waals surface area contributed by atoms with Crippen molar-refractivity contribution in [2.24, 2.45) is 11.8 Å². The topological polar surface area (TPSA) is 62.3 Å². The molecule has 1 fully saturated rings. The highest BCUT2D eigenvalue weighted by atomic mass is 32.2. The lowest BCUT2D eigenvalue weighted by atomic mass is 9.90. The van der Waals surface area contributed by atoms with Crippen LogP contribution in [0, 0.1) is 11.8 Å². The molecule has 1 saturated heterocycles. The van der Waals surface area contributed by atoms with Gasteiger partial charge in [0.15, 0.2) is 0 Å². The average Bonchev–Trinajstić information content (AvgIpc) is 2.53. The van der Waals surface area contributed by atoms with Crippen molar-refractivity contribution >= 4 is 15.8 Å². The fourth-order valence-corrected chi connectivity index (χ4v) is 3.53. The van der Waals surface area contributed by atoms with E-state index in [9.17, 15) is 8.42 Å². The maximum Gasteiger partial charge on any atom is 0.241 e. The maximum absolute atomic E-state index is 11.7. The molecule has 0 unspecified atom stereocenters. The molecule has 0 spiro atoms. The molecular weight excluding hydrogens is 298 g/mol. The van der Waals surface area contributed by atoms with Gasteiger partial charge < -0.3 is 4.90 Å². The molecule has 6 heteroatoms. The second-order valence-corrected chi connectivity index (χ2v) is 8.35. The van der Waals surface area contributed by atoms with Crippen LogP contribution in [0.15, 0.2) is 23.2 Å². The van der Waals surface area contributed by atoms with Crippen LogP contribution in [-0.2, 0) is 10.0 Å². The van der Waals surface area contributed by atoms with Crippen molar-refractivity contribution < 1.29 is 8.42 Å². The average molecular weight is 325 g/mol. The monoisotopic (exact) mass is 325 g/mol. The Morgan fingerprint density at radius 3 is 2.50 bits per heavy atom. The van der Waals surface area contributed by atoms with Gasteiger partial charge in [-0.15, -0.1) is 0 Å². The Morgan fingerprint density at radius 1 is 1.32 bits per heavy atom. The van der Waals surface area contributed by atoms with Crippen molar-refractivity contribution in [2.45, 2.75) is 44.4 Å². The smallest absolute Gasteiger partial charge is 0.241 e. The largest absolute Gasteiger partial charge is 0.357 e. The fraction of sp³-hybridized carbons (Fsp3) is 0.688. The Morgan fingerprint density at radius 2 is 2.00 bits per heavy atom. The second kappa shape index (κ2) is 7.42. The first-order valence-electron chi connectivity index (χ1n) is 8.07. The highest BCUT2D eigenvalue weighted by molar-refractivity contribution is 7.89. The SMILES string of the molecule is CNS(=O)(=O)c1ccc(N2CCC(CCC(C)C)CC2)nc1. The van der Waals surface area contributed by atoms with Gasteiger partial charge in [0.05, 0.1) is 0 Å². The van der Waals surface area contributed by atoms with E-state index >= 15 is 0 Å². The fourth-order valence-electron chi connectivity index (χ4n) is 2.86. The first-order chi connectivity index (χ1) is 10.4. The molecule has 0 aliphatic carbocycles. The predicted molar refractivity (Wildman–Crippen MR) is 89.5 cm³/mol. The van der Waals surface area contributed by atoms with Gasteiger partial charge in [-0.1, -0.05) is 26.7 Å². The molecule has 1 N–H and O–H groups in total. The molecule has 2 heterocycles. The van der Waals surface area contributed by atoms with Gasteiger partial charge in [0.25, 0.3) is 0 Å². The molecule has 0 aromatic carbocycles. The Bertz CT molecular complexity index is 562. The molecule has 0 atom stereocenters. The Balaban J connectivity index is 1.92. The third-order valence-electron chi connectivity index (χ3n) is 4.39. The van der Waals surface area contributed by atoms with Crippen LogP contribution in [0.3, 0.4) is 0 Å². The minimum absolute atomic E-state index is 0.213. The van der Waals surface area contributed by atoms with E-state index < -0.39 is 10.0 Å². The summed E-state index contributed by atoms with van der Waals surface area (Å²) in [6.45, 7) is 6.57. The number of hydrogen-bond donors (Lipinski definition) is 1. The highest BCUT2D eigenvalue weighted by Crippen LogP contribution is 2.26. The summed E-state index contributed by atoms with van der Waals surface area (Å²) < 4.78 is 25.7. The van der Waals surface area contributed by atoms with Crippen LogP contribution in [0.2, 0.25) is 0 Å². The number of nitrogens with one attached hydrogen (secondary N) is 1. The van der Waals surface area contributed by atoms with Gasteiger partial charge in [-0.05, 0) is 43.9 Å². The molecule has 0 saturated carbocycles. The number of aromatic nitrogens is 1. The van der Waals surface area contributed by atoms with Crippen LogP contribution in [-0.4, -0.2) is 33.5 Å². The molecule has 1 aliphatic heterocycles. The molecule has 0 amide bonds. The lowest BCUT2D eigenvalue weighted by molar-refractivity contribution is 0.351. The van der Waals surface area contributed by atoms with Crippen LogP contribution in [0.25, 0.3) is 0 Å². The first-order valence-corrected chi connectivity index (χ1v) is 9.55. The zero-order valence-corrected chi connectivity index (χ0v) is 14.6. The van der Waals surface area contributed by atoms with Crippen LogP contribution in [0.1, 0.15) is 39.5 Å². The minimum atomic E-state index is -3.40. The Labute approximate surface area is 134 Å².